The molecule has 1 aromatic heterocycles. The lowest BCUT2D eigenvalue weighted by Gasteiger charge is -2.07. The normalized spacial score (nSPS) is 13.2. The average molecular weight is 165 g/mol. The minimum atomic E-state index is 0.889. The monoisotopic (exact) mass is 165 g/mol. The van der Waals surface area contributed by atoms with Crippen LogP contribution in [-0.4, -0.2) is 4.57 Å². The zero-order valence-corrected chi connectivity index (χ0v) is 8.16. The highest BCUT2D eigenvalue weighted by atomic mass is 14.9. The molecule has 1 nitrogen and oxygen atoms in total. The fourth-order valence-corrected chi connectivity index (χ4v) is 1.35. The van der Waals surface area contributed by atoms with E-state index in [1.54, 1.807) is 0 Å². The summed E-state index contributed by atoms with van der Waals surface area (Å²) in [5, 5.41) is 0. The third-order valence-electron chi connectivity index (χ3n) is 2.48. The van der Waals surface area contributed by atoms with Crippen molar-refractivity contribution < 1.29 is 0 Å². The van der Waals surface area contributed by atoms with Gasteiger partial charge < -0.3 is 4.57 Å². The number of aryl methyl sites for hydroxylation is 1. The molecule has 1 heteroatoms. The summed E-state index contributed by atoms with van der Waals surface area (Å²) in [6.45, 7) is 5.77. The van der Waals surface area contributed by atoms with Gasteiger partial charge in [0.25, 0.3) is 0 Å². The minimum absolute atomic E-state index is 0.889. The van der Waals surface area contributed by atoms with Crippen LogP contribution in [0.25, 0.3) is 0 Å². The van der Waals surface area contributed by atoms with E-state index in [1.807, 2.05) is 0 Å². The Bertz CT molecular complexity index is 189. The number of rotatable bonds is 5. The second-order valence-electron chi connectivity index (χ2n) is 3.58. The Morgan fingerprint density at radius 1 is 1.25 bits per heavy atom. The first-order valence-electron chi connectivity index (χ1n) is 4.93. The van der Waals surface area contributed by atoms with Crippen LogP contribution >= 0.6 is 0 Å². The summed E-state index contributed by atoms with van der Waals surface area (Å²) in [6.07, 6.45) is 8.25. The molecule has 0 saturated carbocycles. The van der Waals surface area contributed by atoms with E-state index in [-0.39, 0.29) is 0 Å². The molecule has 0 N–H and O–H groups in total. The Morgan fingerprint density at radius 2 is 1.92 bits per heavy atom. The van der Waals surface area contributed by atoms with E-state index in [0.717, 1.165) is 5.92 Å². The first kappa shape index (κ1) is 9.37. The van der Waals surface area contributed by atoms with Gasteiger partial charge in [0.15, 0.2) is 0 Å². The topological polar surface area (TPSA) is 4.93 Å². The molecule has 1 rings (SSSR count). The van der Waals surface area contributed by atoms with Crippen LogP contribution in [0, 0.1) is 5.92 Å². The van der Waals surface area contributed by atoms with Gasteiger partial charge in [-0.15, -0.1) is 0 Å². The third kappa shape index (κ3) is 3.12. The van der Waals surface area contributed by atoms with Gasteiger partial charge in [-0.3, -0.25) is 0 Å². The second-order valence-corrected chi connectivity index (χ2v) is 3.58. The molecule has 0 fully saturated rings. The molecule has 68 valence electrons. The maximum absolute atomic E-state index is 2.33. The maximum atomic E-state index is 2.33. The number of nitrogens with zero attached hydrogens (tertiary/aromatic N) is 1. The van der Waals surface area contributed by atoms with E-state index in [1.165, 1.54) is 25.8 Å². The van der Waals surface area contributed by atoms with Gasteiger partial charge in [-0.2, -0.15) is 0 Å². The Morgan fingerprint density at radius 3 is 2.50 bits per heavy atom. The van der Waals surface area contributed by atoms with E-state index in [9.17, 15) is 0 Å². The van der Waals surface area contributed by atoms with E-state index < -0.39 is 0 Å². The van der Waals surface area contributed by atoms with Crippen molar-refractivity contribution in [3.05, 3.63) is 24.5 Å². The van der Waals surface area contributed by atoms with Crippen molar-refractivity contribution in [3.63, 3.8) is 0 Å². The Kier molecular flexibility index (Phi) is 3.92. The predicted molar refractivity (Wildman–Crippen MR) is 53.1 cm³/mol. The third-order valence-corrected chi connectivity index (χ3v) is 2.48. The molecule has 1 unspecified atom stereocenters. The zero-order valence-electron chi connectivity index (χ0n) is 8.16. The fourth-order valence-electron chi connectivity index (χ4n) is 1.35. The molecular weight excluding hydrogens is 146 g/mol. The lowest BCUT2D eigenvalue weighted by molar-refractivity contribution is 0.469. The highest BCUT2D eigenvalue weighted by molar-refractivity contribution is 4.89. The van der Waals surface area contributed by atoms with Gasteiger partial charge in [0.2, 0.25) is 0 Å². The van der Waals surface area contributed by atoms with Crippen LogP contribution in [0.2, 0.25) is 0 Å². The standard InChI is InChI=1S/C11H19N/c1-3-11(2)7-6-10-12-8-4-5-9-12/h4-5,8-9,11H,3,6-7,10H2,1-2H3. The number of hydrogen-bond donors (Lipinski definition) is 0. The van der Waals surface area contributed by atoms with Gasteiger partial charge in [-0.1, -0.05) is 20.3 Å². The van der Waals surface area contributed by atoms with E-state index in [0.29, 0.717) is 0 Å². The molecule has 0 aliphatic carbocycles. The lowest BCUT2D eigenvalue weighted by atomic mass is 10.0. The second kappa shape index (κ2) is 5.02. The maximum Gasteiger partial charge on any atom is 0.0219 e. The largest absolute Gasteiger partial charge is 0.354 e. The van der Waals surface area contributed by atoms with Crippen molar-refractivity contribution >= 4 is 0 Å². The van der Waals surface area contributed by atoms with Crippen molar-refractivity contribution in [2.45, 2.75) is 39.7 Å². The molecule has 0 saturated heterocycles. The fraction of sp³-hybridized carbons (Fsp3) is 0.636. The van der Waals surface area contributed by atoms with Crippen LogP contribution in [0.4, 0.5) is 0 Å². The summed E-state index contributed by atoms with van der Waals surface area (Å²) in [4.78, 5) is 0. The molecule has 0 amide bonds. The summed E-state index contributed by atoms with van der Waals surface area (Å²) in [5.41, 5.74) is 0. The minimum Gasteiger partial charge on any atom is -0.354 e. The van der Waals surface area contributed by atoms with Crippen molar-refractivity contribution in [3.8, 4) is 0 Å². The molecule has 0 radical (unpaired) electrons. The first-order chi connectivity index (χ1) is 5.83. The van der Waals surface area contributed by atoms with Gasteiger partial charge >= 0.3 is 0 Å². The van der Waals surface area contributed by atoms with Crippen LogP contribution in [0.3, 0.4) is 0 Å². The summed E-state index contributed by atoms with van der Waals surface area (Å²) < 4.78 is 2.25. The molecule has 1 atom stereocenters. The zero-order chi connectivity index (χ0) is 8.81. The Hall–Kier alpha value is -0.720. The molecular formula is C11H19N. The molecule has 12 heavy (non-hydrogen) atoms. The first-order valence-corrected chi connectivity index (χ1v) is 4.93. The summed E-state index contributed by atoms with van der Waals surface area (Å²) in [7, 11) is 0. The molecule has 1 aromatic rings. The van der Waals surface area contributed by atoms with E-state index >= 15 is 0 Å². The quantitative estimate of drug-likeness (QED) is 0.630. The summed E-state index contributed by atoms with van der Waals surface area (Å²) in [5.74, 6) is 0.889. The van der Waals surface area contributed by atoms with Crippen LogP contribution in [0.15, 0.2) is 24.5 Å². The number of aromatic nitrogens is 1. The van der Waals surface area contributed by atoms with Gasteiger partial charge in [-0.25, -0.2) is 0 Å². The van der Waals surface area contributed by atoms with Crippen LogP contribution in [0.5, 0.6) is 0 Å². The molecule has 0 aromatic carbocycles. The van der Waals surface area contributed by atoms with Crippen LogP contribution < -0.4 is 0 Å². The van der Waals surface area contributed by atoms with Crippen LogP contribution in [-0.2, 0) is 6.54 Å². The van der Waals surface area contributed by atoms with Crippen LogP contribution in [0.1, 0.15) is 33.1 Å². The Balaban J connectivity index is 2.11. The lowest BCUT2D eigenvalue weighted by Crippen LogP contribution is -1.98. The summed E-state index contributed by atoms with van der Waals surface area (Å²) in [6, 6.07) is 4.17. The van der Waals surface area contributed by atoms with E-state index in [4.69, 9.17) is 0 Å². The van der Waals surface area contributed by atoms with Crippen molar-refractivity contribution in [2.24, 2.45) is 5.92 Å². The predicted octanol–water partition coefficient (Wildman–Crippen LogP) is 3.31. The molecule has 0 spiro atoms. The Labute approximate surface area is 75.4 Å². The average Bonchev–Trinajstić information content (AvgIpc) is 2.57. The molecule has 0 aliphatic rings. The number of hydrogen-bond acceptors (Lipinski definition) is 0. The van der Waals surface area contributed by atoms with Crippen molar-refractivity contribution in [1.29, 1.82) is 0 Å². The van der Waals surface area contributed by atoms with E-state index in [2.05, 4.69) is 42.9 Å². The molecule has 0 bridgehead atoms. The smallest absolute Gasteiger partial charge is 0.0219 e. The van der Waals surface area contributed by atoms with Gasteiger partial charge in [0.05, 0.1) is 0 Å². The highest BCUT2D eigenvalue weighted by Crippen LogP contribution is 2.09. The van der Waals surface area contributed by atoms with Crippen molar-refractivity contribution in [2.75, 3.05) is 0 Å². The summed E-state index contributed by atoms with van der Waals surface area (Å²) >= 11 is 0. The van der Waals surface area contributed by atoms with Gasteiger partial charge in [-0.05, 0) is 30.9 Å². The van der Waals surface area contributed by atoms with Gasteiger partial charge in [0.1, 0.15) is 0 Å². The SMILES string of the molecule is CCC(C)CCCn1cccc1. The van der Waals surface area contributed by atoms with Crippen molar-refractivity contribution in [1.82, 2.24) is 4.57 Å². The molecule has 1 heterocycles. The highest BCUT2D eigenvalue weighted by Gasteiger charge is 1.97. The molecule has 0 aliphatic heterocycles. The van der Waals surface area contributed by atoms with Gasteiger partial charge in [0, 0.05) is 18.9 Å².